The molecule has 0 fully saturated rings. The van der Waals surface area contributed by atoms with Crippen LogP contribution in [0, 0.1) is 6.92 Å². The topological polar surface area (TPSA) is 58.2 Å². The van der Waals surface area contributed by atoms with Crippen molar-refractivity contribution in [3.63, 3.8) is 0 Å². The van der Waals surface area contributed by atoms with Crippen LogP contribution in [0.25, 0.3) is 0 Å². The Hall–Kier alpha value is -0.430. The third kappa shape index (κ3) is 5.63. The molecule has 0 spiro atoms. The molecule has 0 bridgehead atoms. The molecule has 4 nitrogen and oxygen atoms in total. The highest BCUT2D eigenvalue weighted by atomic mass is 32.2. The summed E-state index contributed by atoms with van der Waals surface area (Å²) in [6.07, 6.45) is 1.02. The van der Waals surface area contributed by atoms with Crippen LogP contribution < -0.4 is 10.0 Å². The second-order valence-corrected chi connectivity index (χ2v) is 6.84. The van der Waals surface area contributed by atoms with Gasteiger partial charge in [0.05, 0.1) is 5.75 Å². The molecular formula is C11H20N2O2S2. The lowest BCUT2D eigenvalue weighted by molar-refractivity contribution is 0.576. The van der Waals surface area contributed by atoms with Gasteiger partial charge in [0.1, 0.15) is 0 Å². The molecule has 0 aliphatic heterocycles. The van der Waals surface area contributed by atoms with E-state index in [1.54, 1.807) is 11.3 Å². The Kier molecular flexibility index (Phi) is 6.11. The summed E-state index contributed by atoms with van der Waals surface area (Å²) in [4.78, 5) is 1.08. The summed E-state index contributed by atoms with van der Waals surface area (Å²) in [5.41, 5.74) is 1.14. The first-order valence-corrected chi connectivity index (χ1v) is 8.29. The molecule has 0 saturated carbocycles. The van der Waals surface area contributed by atoms with E-state index in [1.165, 1.54) is 0 Å². The van der Waals surface area contributed by atoms with E-state index in [1.807, 2.05) is 18.4 Å². The van der Waals surface area contributed by atoms with E-state index in [4.69, 9.17) is 0 Å². The zero-order chi connectivity index (χ0) is 12.7. The normalized spacial score (nSPS) is 11.9. The molecule has 0 aliphatic carbocycles. The van der Waals surface area contributed by atoms with Crippen LogP contribution >= 0.6 is 11.3 Å². The van der Waals surface area contributed by atoms with Gasteiger partial charge in [-0.15, -0.1) is 11.3 Å². The van der Waals surface area contributed by atoms with Gasteiger partial charge < -0.3 is 5.32 Å². The first kappa shape index (κ1) is 14.6. The van der Waals surface area contributed by atoms with E-state index in [9.17, 15) is 8.42 Å². The van der Waals surface area contributed by atoms with Crippen molar-refractivity contribution >= 4 is 21.4 Å². The molecular weight excluding hydrogens is 256 g/mol. The summed E-state index contributed by atoms with van der Waals surface area (Å²) in [7, 11) is -3.16. The van der Waals surface area contributed by atoms with E-state index in [2.05, 4.69) is 17.0 Å². The number of thiophene rings is 1. The SMILES string of the molecule is CCCNCCS(=O)(=O)NCc1sccc1C. The number of sulfonamides is 1. The van der Waals surface area contributed by atoms with Gasteiger partial charge in [0, 0.05) is 18.0 Å². The third-order valence-corrected chi connectivity index (χ3v) is 4.74. The second-order valence-electron chi connectivity index (χ2n) is 3.92. The minimum Gasteiger partial charge on any atom is -0.316 e. The zero-order valence-corrected chi connectivity index (χ0v) is 12.0. The fourth-order valence-corrected chi connectivity index (χ4v) is 3.20. The molecule has 2 N–H and O–H groups in total. The van der Waals surface area contributed by atoms with E-state index >= 15 is 0 Å². The molecule has 1 rings (SSSR count). The van der Waals surface area contributed by atoms with Crippen molar-refractivity contribution in [2.24, 2.45) is 0 Å². The predicted molar refractivity (Wildman–Crippen MR) is 72.8 cm³/mol. The van der Waals surface area contributed by atoms with Gasteiger partial charge >= 0.3 is 0 Å². The van der Waals surface area contributed by atoms with Gasteiger partial charge in [-0.05, 0) is 36.9 Å². The Balaban J connectivity index is 2.32. The molecule has 0 unspecified atom stereocenters. The Morgan fingerprint density at radius 2 is 2.12 bits per heavy atom. The molecule has 17 heavy (non-hydrogen) atoms. The Labute approximate surface area is 107 Å². The smallest absolute Gasteiger partial charge is 0.213 e. The van der Waals surface area contributed by atoms with Crippen LogP contribution in [0.4, 0.5) is 0 Å². The Morgan fingerprint density at radius 3 is 2.71 bits per heavy atom. The van der Waals surface area contributed by atoms with Crippen molar-refractivity contribution in [1.29, 1.82) is 0 Å². The summed E-state index contributed by atoms with van der Waals surface area (Å²) < 4.78 is 25.9. The summed E-state index contributed by atoms with van der Waals surface area (Å²) >= 11 is 1.58. The molecule has 1 aromatic heterocycles. The highest BCUT2D eigenvalue weighted by molar-refractivity contribution is 7.89. The van der Waals surface area contributed by atoms with E-state index in [0.29, 0.717) is 13.1 Å². The van der Waals surface area contributed by atoms with Crippen LogP contribution in [0.1, 0.15) is 23.8 Å². The van der Waals surface area contributed by atoms with E-state index in [0.717, 1.165) is 23.4 Å². The van der Waals surface area contributed by atoms with Gasteiger partial charge in [0.2, 0.25) is 10.0 Å². The molecule has 0 radical (unpaired) electrons. The van der Waals surface area contributed by atoms with Gasteiger partial charge in [-0.1, -0.05) is 6.92 Å². The zero-order valence-electron chi connectivity index (χ0n) is 10.3. The van der Waals surface area contributed by atoms with Crippen LogP contribution in [0.15, 0.2) is 11.4 Å². The molecule has 6 heteroatoms. The molecule has 0 aromatic carbocycles. The van der Waals surface area contributed by atoms with Crippen LogP contribution in [0.5, 0.6) is 0 Å². The third-order valence-electron chi connectivity index (χ3n) is 2.40. The molecule has 1 aromatic rings. The fraction of sp³-hybridized carbons (Fsp3) is 0.636. The van der Waals surface area contributed by atoms with Gasteiger partial charge in [-0.2, -0.15) is 0 Å². The maximum absolute atomic E-state index is 11.7. The standard InChI is InChI=1S/C11H20N2O2S2/c1-3-5-12-6-8-17(14,15)13-9-11-10(2)4-7-16-11/h4,7,12-13H,3,5-6,8-9H2,1-2H3. The lowest BCUT2D eigenvalue weighted by Crippen LogP contribution is -2.31. The van der Waals surface area contributed by atoms with Crippen LogP contribution in [-0.4, -0.2) is 27.3 Å². The minimum absolute atomic E-state index is 0.136. The van der Waals surface area contributed by atoms with Crippen molar-refractivity contribution in [3.8, 4) is 0 Å². The van der Waals surface area contributed by atoms with Crippen LogP contribution in [0.3, 0.4) is 0 Å². The molecule has 1 heterocycles. The molecule has 0 aliphatic rings. The molecule has 0 atom stereocenters. The van der Waals surface area contributed by atoms with E-state index in [-0.39, 0.29) is 5.75 Å². The quantitative estimate of drug-likeness (QED) is 0.707. The minimum atomic E-state index is -3.16. The van der Waals surface area contributed by atoms with Crippen molar-refractivity contribution in [3.05, 3.63) is 21.9 Å². The van der Waals surface area contributed by atoms with Gasteiger partial charge in [0.25, 0.3) is 0 Å². The van der Waals surface area contributed by atoms with Crippen LogP contribution in [0.2, 0.25) is 0 Å². The number of hydrogen-bond donors (Lipinski definition) is 2. The van der Waals surface area contributed by atoms with E-state index < -0.39 is 10.0 Å². The summed E-state index contributed by atoms with van der Waals surface area (Å²) in [6.45, 7) is 5.81. The monoisotopic (exact) mass is 276 g/mol. The first-order chi connectivity index (χ1) is 8.05. The largest absolute Gasteiger partial charge is 0.316 e. The highest BCUT2D eigenvalue weighted by Crippen LogP contribution is 2.15. The van der Waals surface area contributed by atoms with Crippen molar-refractivity contribution < 1.29 is 8.42 Å². The average Bonchev–Trinajstić information content (AvgIpc) is 2.68. The number of rotatable bonds is 8. The summed E-state index contributed by atoms with van der Waals surface area (Å²) in [5.74, 6) is 0.136. The van der Waals surface area contributed by atoms with Gasteiger partial charge in [0.15, 0.2) is 0 Å². The van der Waals surface area contributed by atoms with Crippen LogP contribution in [-0.2, 0) is 16.6 Å². The summed E-state index contributed by atoms with van der Waals surface area (Å²) in [6, 6.07) is 2.00. The maximum Gasteiger partial charge on any atom is 0.213 e. The lowest BCUT2D eigenvalue weighted by Gasteiger charge is -2.07. The first-order valence-electron chi connectivity index (χ1n) is 5.76. The number of hydrogen-bond acceptors (Lipinski definition) is 4. The van der Waals surface area contributed by atoms with Crippen molar-refractivity contribution in [2.75, 3.05) is 18.8 Å². The lowest BCUT2D eigenvalue weighted by atomic mass is 10.3. The summed E-state index contributed by atoms with van der Waals surface area (Å²) in [5, 5.41) is 5.05. The Bertz CT molecular complexity index is 426. The fourth-order valence-electron chi connectivity index (χ4n) is 1.34. The number of nitrogens with one attached hydrogen (secondary N) is 2. The molecule has 0 saturated heterocycles. The average molecular weight is 276 g/mol. The van der Waals surface area contributed by atoms with Crippen molar-refractivity contribution in [1.82, 2.24) is 10.0 Å². The molecule has 0 amide bonds. The highest BCUT2D eigenvalue weighted by Gasteiger charge is 2.10. The second kappa shape index (κ2) is 7.10. The van der Waals surface area contributed by atoms with Crippen molar-refractivity contribution in [2.45, 2.75) is 26.8 Å². The molecule has 98 valence electrons. The maximum atomic E-state index is 11.7. The van der Waals surface area contributed by atoms with Gasteiger partial charge in [-0.25, -0.2) is 13.1 Å². The Morgan fingerprint density at radius 1 is 1.35 bits per heavy atom. The number of aryl methyl sites for hydroxylation is 1. The predicted octanol–water partition coefficient (Wildman–Crippen LogP) is 1.48. The van der Waals surface area contributed by atoms with Gasteiger partial charge in [-0.3, -0.25) is 0 Å².